The fourth-order valence-corrected chi connectivity index (χ4v) is 5.25. The smallest absolute Gasteiger partial charge is 0.490 e. The van der Waals surface area contributed by atoms with Gasteiger partial charge in [0, 0.05) is 36.3 Å². The Hall–Kier alpha value is -3.47. The van der Waals surface area contributed by atoms with E-state index in [4.69, 9.17) is 9.47 Å². The second-order valence-corrected chi connectivity index (χ2v) is 9.73. The van der Waals surface area contributed by atoms with E-state index in [0.29, 0.717) is 25.9 Å². The lowest BCUT2D eigenvalue weighted by Gasteiger charge is -2.40. The molecule has 0 bridgehead atoms. The van der Waals surface area contributed by atoms with Crippen molar-refractivity contribution in [3.05, 3.63) is 53.6 Å². The Morgan fingerprint density at radius 1 is 1.05 bits per heavy atom. The number of nitrogens with zero attached hydrogens (tertiary/aromatic N) is 2. The highest BCUT2D eigenvalue weighted by molar-refractivity contribution is 5.91. The van der Waals surface area contributed by atoms with Crippen LogP contribution in [0.5, 0.6) is 11.5 Å². The van der Waals surface area contributed by atoms with Crippen molar-refractivity contribution >= 4 is 17.7 Å². The number of halogens is 3. The summed E-state index contributed by atoms with van der Waals surface area (Å²) in [6.07, 6.45) is -3.06. The lowest BCUT2D eigenvalue weighted by molar-refractivity contribution is -0.275. The first-order chi connectivity index (χ1) is 18.3. The molecule has 3 heterocycles. The zero-order valence-electron chi connectivity index (χ0n) is 20.8. The minimum atomic E-state index is -4.90. The number of carbonyl (C=O) groups is 2. The summed E-state index contributed by atoms with van der Waals surface area (Å²) in [5, 5.41) is 3.21. The Morgan fingerprint density at radius 2 is 1.79 bits per heavy atom. The van der Waals surface area contributed by atoms with E-state index in [2.05, 4.69) is 10.1 Å². The van der Waals surface area contributed by atoms with Crippen molar-refractivity contribution in [3.8, 4) is 11.5 Å². The predicted octanol–water partition coefficient (Wildman–Crippen LogP) is 4.41. The van der Waals surface area contributed by atoms with Crippen molar-refractivity contribution in [1.29, 1.82) is 0 Å². The number of cyclic esters (lactones) is 1. The Kier molecular flexibility index (Phi) is 7.64. The van der Waals surface area contributed by atoms with Gasteiger partial charge in [-0.25, -0.2) is 4.79 Å². The summed E-state index contributed by atoms with van der Waals surface area (Å²) in [7, 11) is 0. The minimum absolute atomic E-state index is 0.0899. The van der Waals surface area contributed by atoms with Gasteiger partial charge in [0.05, 0.1) is 12.1 Å². The lowest BCUT2D eigenvalue weighted by Crippen LogP contribution is -2.50. The molecule has 5 rings (SSSR count). The Morgan fingerprint density at radius 3 is 2.53 bits per heavy atom. The quantitative estimate of drug-likeness (QED) is 0.593. The molecule has 204 valence electrons. The van der Waals surface area contributed by atoms with Crippen LogP contribution in [0, 0.1) is 0 Å². The van der Waals surface area contributed by atoms with Crippen molar-refractivity contribution in [3.63, 3.8) is 0 Å². The number of likely N-dealkylation sites (tertiary alicyclic amines) is 1. The topological polar surface area (TPSA) is 80.3 Å². The third-order valence-corrected chi connectivity index (χ3v) is 7.18. The molecule has 2 fully saturated rings. The summed E-state index contributed by atoms with van der Waals surface area (Å²) in [5.74, 6) is -0.453. The molecule has 8 nitrogen and oxygen atoms in total. The Bertz CT molecular complexity index is 1160. The van der Waals surface area contributed by atoms with E-state index in [1.807, 2.05) is 24.3 Å². The Balaban J connectivity index is 1.24. The second kappa shape index (κ2) is 11.1. The van der Waals surface area contributed by atoms with Crippen LogP contribution in [-0.4, -0.2) is 61.6 Å². The molecule has 0 unspecified atom stereocenters. The van der Waals surface area contributed by atoms with Crippen molar-refractivity contribution in [2.75, 3.05) is 31.1 Å². The second-order valence-electron chi connectivity index (χ2n) is 9.73. The van der Waals surface area contributed by atoms with Crippen LogP contribution in [0.2, 0.25) is 0 Å². The largest absolute Gasteiger partial charge is 0.573 e. The maximum Gasteiger partial charge on any atom is 0.573 e. The molecular formula is C27H30F3N3O5. The van der Waals surface area contributed by atoms with Crippen LogP contribution >= 0.6 is 0 Å². The van der Waals surface area contributed by atoms with Gasteiger partial charge in [0.25, 0.3) is 0 Å². The van der Waals surface area contributed by atoms with Crippen LogP contribution < -0.4 is 19.7 Å². The van der Waals surface area contributed by atoms with Gasteiger partial charge in [-0.2, -0.15) is 0 Å². The standard InChI is InChI=1S/C27H30F3N3O5/c28-27(29,30)38-24-16-22(37-21-7-11-31-12-8-21)6-5-18(24)15-25(34)32-13-9-20(10-14-32)33-23-4-2-1-3-19(23)17-36-26(33)35/h1-6,16,20-21,31H,7-15,17H2. The highest BCUT2D eigenvalue weighted by Gasteiger charge is 2.36. The molecule has 0 saturated carbocycles. The molecule has 2 saturated heterocycles. The number of para-hydroxylation sites is 1. The third kappa shape index (κ3) is 6.15. The highest BCUT2D eigenvalue weighted by Crippen LogP contribution is 2.34. The SMILES string of the molecule is O=C(Cc1ccc(OC2CCNCC2)cc1OC(F)(F)F)N1CCC(N2C(=O)OCc3ccccc32)CC1. The molecule has 2 aromatic rings. The van der Waals surface area contributed by atoms with Crippen LogP contribution in [0.1, 0.15) is 36.8 Å². The molecule has 0 spiro atoms. The van der Waals surface area contributed by atoms with E-state index < -0.39 is 18.2 Å². The van der Waals surface area contributed by atoms with Gasteiger partial charge in [-0.05, 0) is 50.9 Å². The number of alkyl halides is 3. The molecule has 0 aromatic heterocycles. The summed E-state index contributed by atoms with van der Waals surface area (Å²) in [4.78, 5) is 28.9. The number of anilines is 1. The zero-order chi connectivity index (χ0) is 26.7. The first-order valence-electron chi connectivity index (χ1n) is 12.8. The third-order valence-electron chi connectivity index (χ3n) is 7.18. The van der Waals surface area contributed by atoms with Gasteiger partial charge >= 0.3 is 12.5 Å². The Labute approximate surface area is 218 Å². The average molecular weight is 534 g/mol. The van der Waals surface area contributed by atoms with Crippen LogP contribution in [0.15, 0.2) is 42.5 Å². The number of rotatable bonds is 6. The molecule has 3 aliphatic rings. The molecule has 11 heteroatoms. The summed E-state index contributed by atoms with van der Waals surface area (Å²) < 4.78 is 54.9. The molecule has 2 amide bonds. The lowest BCUT2D eigenvalue weighted by atomic mass is 10.00. The van der Waals surface area contributed by atoms with Gasteiger partial charge < -0.3 is 24.4 Å². The molecule has 0 radical (unpaired) electrons. The van der Waals surface area contributed by atoms with Crippen molar-refractivity contribution in [1.82, 2.24) is 10.2 Å². The first-order valence-corrected chi connectivity index (χ1v) is 12.8. The monoisotopic (exact) mass is 533 g/mol. The maximum atomic E-state index is 13.2. The van der Waals surface area contributed by atoms with Crippen molar-refractivity contribution < 1.29 is 37.0 Å². The van der Waals surface area contributed by atoms with E-state index in [1.165, 1.54) is 12.1 Å². The number of nitrogens with one attached hydrogen (secondary N) is 1. The van der Waals surface area contributed by atoms with E-state index in [-0.39, 0.29) is 42.4 Å². The predicted molar refractivity (Wildman–Crippen MR) is 132 cm³/mol. The van der Waals surface area contributed by atoms with E-state index >= 15 is 0 Å². The number of piperidine rings is 2. The van der Waals surface area contributed by atoms with Crippen LogP contribution in [0.3, 0.4) is 0 Å². The molecule has 2 aromatic carbocycles. The summed E-state index contributed by atoms with van der Waals surface area (Å²) in [5.41, 5.74) is 1.88. The summed E-state index contributed by atoms with van der Waals surface area (Å²) in [6, 6.07) is 11.7. The van der Waals surface area contributed by atoms with E-state index in [0.717, 1.165) is 37.2 Å². The molecule has 38 heavy (non-hydrogen) atoms. The molecule has 0 atom stereocenters. The van der Waals surface area contributed by atoms with Gasteiger partial charge in [-0.1, -0.05) is 24.3 Å². The average Bonchev–Trinajstić information content (AvgIpc) is 2.90. The molecule has 3 aliphatic heterocycles. The number of benzene rings is 2. The van der Waals surface area contributed by atoms with Gasteiger partial charge in [0.1, 0.15) is 24.2 Å². The van der Waals surface area contributed by atoms with E-state index in [9.17, 15) is 22.8 Å². The van der Waals surface area contributed by atoms with Crippen LogP contribution in [0.25, 0.3) is 0 Å². The molecule has 1 N–H and O–H groups in total. The fraction of sp³-hybridized carbons (Fsp3) is 0.481. The van der Waals surface area contributed by atoms with Gasteiger partial charge in [0.15, 0.2) is 0 Å². The van der Waals surface area contributed by atoms with Gasteiger partial charge in [0.2, 0.25) is 5.91 Å². The summed E-state index contributed by atoms with van der Waals surface area (Å²) in [6.45, 7) is 2.55. The molecule has 0 aliphatic carbocycles. The molecular weight excluding hydrogens is 503 g/mol. The van der Waals surface area contributed by atoms with Crippen LogP contribution in [0.4, 0.5) is 23.7 Å². The van der Waals surface area contributed by atoms with Crippen molar-refractivity contribution in [2.24, 2.45) is 0 Å². The maximum absolute atomic E-state index is 13.2. The highest BCUT2D eigenvalue weighted by atomic mass is 19.4. The number of ether oxygens (including phenoxy) is 3. The zero-order valence-corrected chi connectivity index (χ0v) is 20.8. The normalized spacial score (nSPS) is 19.1. The van der Waals surface area contributed by atoms with Crippen LogP contribution in [-0.2, 0) is 22.6 Å². The number of fused-ring (bicyclic) bond motifs is 1. The first kappa shape index (κ1) is 26.1. The number of carbonyl (C=O) groups excluding carboxylic acids is 2. The number of hydrogen-bond acceptors (Lipinski definition) is 6. The van der Waals surface area contributed by atoms with E-state index in [1.54, 1.807) is 15.9 Å². The number of amides is 2. The van der Waals surface area contributed by atoms with Crippen molar-refractivity contribution in [2.45, 2.75) is 57.2 Å². The summed E-state index contributed by atoms with van der Waals surface area (Å²) >= 11 is 0. The van der Waals surface area contributed by atoms with Gasteiger partial charge in [-0.15, -0.1) is 13.2 Å². The minimum Gasteiger partial charge on any atom is -0.490 e. The number of hydrogen-bond donors (Lipinski definition) is 1. The van der Waals surface area contributed by atoms with Gasteiger partial charge in [-0.3, -0.25) is 9.69 Å². The fourth-order valence-electron chi connectivity index (χ4n) is 5.25.